The van der Waals surface area contributed by atoms with Gasteiger partial charge in [0.1, 0.15) is 0 Å². The van der Waals surface area contributed by atoms with Gasteiger partial charge in [-0.25, -0.2) is 0 Å². The van der Waals surface area contributed by atoms with Gasteiger partial charge in [-0.05, 0) is 12.0 Å². The molecule has 0 aromatic heterocycles. The highest BCUT2D eigenvalue weighted by molar-refractivity contribution is 6.17. The van der Waals surface area contributed by atoms with Gasteiger partial charge in [-0.2, -0.15) is 0 Å². The van der Waals surface area contributed by atoms with Crippen molar-refractivity contribution >= 4 is 17.7 Å². The third-order valence-electron chi connectivity index (χ3n) is 1.61. The van der Waals surface area contributed by atoms with Crippen molar-refractivity contribution in [2.75, 3.05) is 5.88 Å². The maximum atomic E-state index is 5.52. The fourth-order valence-electron chi connectivity index (χ4n) is 0.969. The van der Waals surface area contributed by atoms with Crippen LogP contribution in [-0.2, 0) is 0 Å². The van der Waals surface area contributed by atoms with Crippen LogP contribution in [0.1, 0.15) is 12.0 Å². The van der Waals surface area contributed by atoms with E-state index >= 15 is 0 Å². The van der Waals surface area contributed by atoms with E-state index in [-0.39, 0.29) is 0 Å². The first kappa shape index (κ1) is 10.1. The van der Waals surface area contributed by atoms with Gasteiger partial charge in [-0.1, -0.05) is 54.6 Å². The first-order chi connectivity index (χ1) is 6.43. The van der Waals surface area contributed by atoms with Crippen molar-refractivity contribution in [3.8, 4) is 0 Å². The van der Waals surface area contributed by atoms with E-state index in [0.29, 0.717) is 5.88 Å². The van der Waals surface area contributed by atoms with Crippen molar-refractivity contribution in [3.05, 3.63) is 54.1 Å². The number of benzene rings is 1. The molecule has 13 heavy (non-hydrogen) atoms. The zero-order valence-electron chi connectivity index (χ0n) is 7.49. The number of allylic oxidation sites excluding steroid dienone is 3. The monoisotopic (exact) mass is 192 g/mol. The van der Waals surface area contributed by atoms with Crippen LogP contribution in [0.4, 0.5) is 0 Å². The highest BCUT2D eigenvalue weighted by atomic mass is 35.5. The Hall–Kier alpha value is -1.01. The summed E-state index contributed by atoms with van der Waals surface area (Å²) < 4.78 is 0. The molecule has 0 N–H and O–H groups in total. The average Bonchev–Trinajstić information content (AvgIpc) is 2.19. The van der Waals surface area contributed by atoms with Crippen molar-refractivity contribution in [2.45, 2.75) is 6.42 Å². The molecule has 1 aromatic carbocycles. The largest absolute Gasteiger partial charge is 0.126 e. The molecule has 0 amide bonds. The van der Waals surface area contributed by atoms with Gasteiger partial charge in [-0.3, -0.25) is 0 Å². The van der Waals surface area contributed by atoms with Crippen LogP contribution in [-0.4, -0.2) is 5.88 Å². The van der Waals surface area contributed by atoms with E-state index in [2.05, 4.69) is 24.3 Å². The van der Waals surface area contributed by atoms with E-state index in [9.17, 15) is 0 Å². The summed E-state index contributed by atoms with van der Waals surface area (Å²) in [6.07, 6.45) is 9.12. The Labute approximate surface area is 84.5 Å². The lowest BCUT2D eigenvalue weighted by Crippen LogP contribution is -1.67. The Morgan fingerprint density at radius 2 is 1.85 bits per heavy atom. The summed E-state index contributed by atoms with van der Waals surface area (Å²) in [6, 6.07) is 10.2. The second-order valence-corrected chi connectivity index (χ2v) is 3.05. The first-order valence-corrected chi connectivity index (χ1v) is 4.91. The van der Waals surface area contributed by atoms with E-state index in [1.807, 2.05) is 30.4 Å². The van der Waals surface area contributed by atoms with E-state index < -0.39 is 0 Å². The third kappa shape index (κ3) is 4.54. The van der Waals surface area contributed by atoms with Crippen molar-refractivity contribution in [2.24, 2.45) is 0 Å². The molecule has 0 unspecified atom stereocenters. The maximum absolute atomic E-state index is 5.52. The fourth-order valence-corrected chi connectivity index (χ4v) is 1.09. The first-order valence-electron chi connectivity index (χ1n) is 4.37. The highest BCUT2D eigenvalue weighted by Crippen LogP contribution is 2.00. The van der Waals surface area contributed by atoms with Gasteiger partial charge in [0.05, 0.1) is 0 Å². The van der Waals surface area contributed by atoms with Crippen molar-refractivity contribution in [3.63, 3.8) is 0 Å². The minimum absolute atomic E-state index is 0.690. The summed E-state index contributed by atoms with van der Waals surface area (Å²) in [5, 5.41) is 0. The molecule has 0 bridgehead atoms. The van der Waals surface area contributed by atoms with E-state index in [1.54, 1.807) is 0 Å². The van der Waals surface area contributed by atoms with Crippen LogP contribution >= 0.6 is 11.6 Å². The molecule has 0 heterocycles. The maximum Gasteiger partial charge on any atom is 0.0258 e. The molecule has 0 aliphatic carbocycles. The van der Waals surface area contributed by atoms with Gasteiger partial charge in [0, 0.05) is 5.88 Å². The lowest BCUT2D eigenvalue weighted by molar-refractivity contribution is 1.24. The average molecular weight is 193 g/mol. The Morgan fingerprint density at radius 3 is 2.54 bits per heavy atom. The van der Waals surface area contributed by atoms with Crippen LogP contribution < -0.4 is 0 Å². The van der Waals surface area contributed by atoms with Crippen LogP contribution in [0.15, 0.2) is 48.6 Å². The Bertz CT molecular complexity index is 272. The molecule has 0 radical (unpaired) electrons. The molecule has 68 valence electrons. The van der Waals surface area contributed by atoms with Crippen molar-refractivity contribution in [1.29, 1.82) is 0 Å². The molecule has 0 aliphatic heterocycles. The fraction of sp³-hybridized carbons (Fsp3) is 0.167. The molecule has 0 aliphatic rings. The predicted octanol–water partition coefficient (Wildman–Crippen LogP) is 3.88. The Balaban J connectivity index is 2.41. The smallest absolute Gasteiger partial charge is 0.0258 e. The molecular formula is C12H13Cl. The predicted molar refractivity (Wildman–Crippen MR) is 60.0 cm³/mol. The minimum atomic E-state index is 0.690. The topological polar surface area (TPSA) is 0 Å². The van der Waals surface area contributed by atoms with Crippen LogP contribution in [0, 0.1) is 0 Å². The van der Waals surface area contributed by atoms with Gasteiger partial charge in [0.15, 0.2) is 0 Å². The van der Waals surface area contributed by atoms with Gasteiger partial charge in [-0.15, -0.1) is 11.6 Å². The molecule has 0 fully saturated rings. The van der Waals surface area contributed by atoms with Crippen molar-refractivity contribution < 1.29 is 0 Å². The normalized spacial score (nSPS) is 11.5. The zero-order chi connectivity index (χ0) is 9.36. The standard InChI is InChI=1S/C12H13Cl/c13-11-7-2-1-4-8-12-9-5-3-6-10-12/h1-6,8-10H,7,11H2. The molecule has 1 heteroatoms. The molecule has 1 aromatic rings. The minimum Gasteiger partial charge on any atom is -0.126 e. The highest BCUT2D eigenvalue weighted by Gasteiger charge is 1.79. The van der Waals surface area contributed by atoms with Gasteiger partial charge in [0.25, 0.3) is 0 Å². The summed E-state index contributed by atoms with van der Waals surface area (Å²) >= 11 is 5.52. The van der Waals surface area contributed by atoms with E-state index in [1.165, 1.54) is 5.56 Å². The number of hydrogen-bond donors (Lipinski definition) is 0. The summed E-state index contributed by atoms with van der Waals surface area (Å²) in [5.41, 5.74) is 1.22. The molecule has 0 spiro atoms. The Kier molecular flexibility index (Phi) is 5.04. The number of rotatable bonds is 4. The Morgan fingerprint density at radius 1 is 1.08 bits per heavy atom. The van der Waals surface area contributed by atoms with E-state index in [0.717, 1.165) is 6.42 Å². The van der Waals surface area contributed by atoms with Crippen LogP contribution in [0.2, 0.25) is 0 Å². The SMILES string of the molecule is ClCCC=CC=Cc1ccccc1. The second-order valence-electron chi connectivity index (χ2n) is 2.68. The molecule has 0 nitrogen and oxygen atoms in total. The van der Waals surface area contributed by atoms with Gasteiger partial charge in [0.2, 0.25) is 0 Å². The molecule has 0 saturated heterocycles. The zero-order valence-corrected chi connectivity index (χ0v) is 8.24. The second kappa shape index (κ2) is 6.50. The van der Waals surface area contributed by atoms with Gasteiger partial charge < -0.3 is 0 Å². The van der Waals surface area contributed by atoms with Gasteiger partial charge >= 0.3 is 0 Å². The van der Waals surface area contributed by atoms with E-state index in [4.69, 9.17) is 11.6 Å². The van der Waals surface area contributed by atoms with Crippen LogP contribution in [0.5, 0.6) is 0 Å². The van der Waals surface area contributed by atoms with Crippen LogP contribution in [0.3, 0.4) is 0 Å². The summed E-state index contributed by atoms with van der Waals surface area (Å²) in [4.78, 5) is 0. The molecule has 0 atom stereocenters. The molecule has 0 saturated carbocycles. The lowest BCUT2D eigenvalue weighted by Gasteiger charge is -1.88. The third-order valence-corrected chi connectivity index (χ3v) is 1.83. The lowest BCUT2D eigenvalue weighted by atomic mass is 10.2. The number of halogens is 1. The number of hydrogen-bond acceptors (Lipinski definition) is 0. The summed E-state index contributed by atoms with van der Waals surface area (Å²) in [5.74, 6) is 0.690. The summed E-state index contributed by atoms with van der Waals surface area (Å²) in [6.45, 7) is 0. The molecular weight excluding hydrogens is 180 g/mol. The van der Waals surface area contributed by atoms with Crippen LogP contribution in [0.25, 0.3) is 6.08 Å². The van der Waals surface area contributed by atoms with Crippen molar-refractivity contribution in [1.82, 2.24) is 0 Å². The quantitative estimate of drug-likeness (QED) is 0.502. The number of alkyl halides is 1. The summed E-state index contributed by atoms with van der Waals surface area (Å²) in [7, 11) is 0. The molecule has 1 rings (SSSR count).